The highest BCUT2D eigenvalue weighted by Gasteiger charge is 2.52. The molecule has 1 aromatic heterocycles. The second-order valence-electron chi connectivity index (χ2n) is 15.7. The minimum atomic E-state index is -7.22. The van der Waals surface area contributed by atoms with E-state index in [9.17, 15) is 52.7 Å². The van der Waals surface area contributed by atoms with Crippen molar-refractivity contribution in [3.8, 4) is 0 Å². The minimum absolute atomic E-state index is 0.910. The van der Waals surface area contributed by atoms with Crippen LogP contribution in [0.3, 0.4) is 0 Å². The van der Waals surface area contributed by atoms with Crippen LogP contribution in [0.15, 0.2) is 97.1 Å². The van der Waals surface area contributed by atoms with Gasteiger partial charge in [-0.3, -0.25) is 0 Å². The number of thiazole rings is 1. The lowest BCUT2D eigenvalue weighted by atomic mass is 9.12. The summed E-state index contributed by atoms with van der Waals surface area (Å²) in [6.07, 6.45) is -6.26. The Labute approximate surface area is 394 Å². The Hall–Kier alpha value is -7.43. The fraction of sp³-hybridized carbons (Fsp3) is 0.0408. The summed E-state index contributed by atoms with van der Waals surface area (Å²) < 4.78 is 298. The van der Waals surface area contributed by atoms with Gasteiger partial charge < -0.3 is 0 Å². The van der Waals surface area contributed by atoms with Gasteiger partial charge in [0, 0.05) is 11.6 Å². The molecule has 0 aliphatic carbocycles. The molecule has 9 rings (SSSR count). The second kappa shape index (κ2) is 19.3. The number of fused-ring (bicyclic) bond motifs is 2. The van der Waals surface area contributed by atoms with Gasteiger partial charge in [-0.1, -0.05) is 96.3 Å². The van der Waals surface area contributed by atoms with Gasteiger partial charge in [-0.25, -0.2) is 87.8 Å². The van der Waals surface area contributed by atoms with Crippen LogP contribution >= 0.6 is 11.3 Å². The predicted molar refractivity (Wildman–Crippen MR) is 224 cm³/mol. The molecule has 23 heteroatoms. The molecule has 9 aromatic rings. The molecule has 1 nitrogen and oxygen atoms in total. The summed E-state index contributed by atoms with van der Waals surface area (Å²) in [5.74, 6) is -71.4. The van der Waals surface area contributed by atoms with E-state index >= 15 is 35.1 Å². The third kappa shape index (κ3) is 8.06. The number of nitrogens with zero attached hydrogens (tertiary/aromatic N) is 1. The Bertz CT molecular complexity index is 3280. The molecule has 0 spiro atoms. The van der Waals surface area contributed by atoms with E-state index in [-0.39, 0.29) is 0 Å². The lowest BCUT2D eigenvalue weighted by Gasteiger charge is -2.44. The lowest BCUT2D eigenvalue weighted by molar-refractivity contribution is -0.665. The van der Waals surface area contributed by atoms with Crippen LogP contribution < -0.4 is 26.4 Å². The molecule has 0 aliphatic rings. The summed E-state index contributed by atoms with van der Waals surface area (Å²) in [4.78, 5) is 0. The highest BCUT2D eigenvalue weighted by molar-refractivity contribution is 7.20. The Morgan fingerprint density at radius 3 is 1.06 bits per heavy atom. The summed E-state index contributed by atoms with van der Waals surface area (Å²) in [6.45, 7) is 0.910. The van der Waals surface area contributed by atoms with E-state index in [4.69, 9.17) is 0 Å². The SMILES string of the molecule is Fc1c(F)c(F)c([B-](c2c(F)c(F)c(F)c(F)c2F)(c2c(F)c(F)c(F)c(F)c2F)c2c(F)c(F)c(F)c(F)c2F)c(F)c1F.c1ccc(C[n+]2c(Cc3ccc4ccccc4c3)sc3ccccc32)cc1. The van der Waals surface area contributed by atoms with Gasteiger partial charge in [-0.05, 0) is 22.4 Å². The Morgan fingerprint density at radius 2 is 0.653 bits per heavy atom. The largest absolute Gasteiger partial charge is 0.243 e. The van der Waals surface area contributed by atoms with Crippen molar-refractivity contribution in [2.45, 2.75) is 13.0 Å². The third-order valence-corrected chi connectivity index (χ3v) is 12.9. The number of hydrogen-bond acceptors (Lipinski definition) is 1. The number of rotatable bonds is 8. The van der Waals surface area contributed by atoms with Crippen LogP contribution in [0.2, 0.25) is 0 Å². The molecule has 0 N–H and O–H groups in total. The number of para-hydroxylation sites is 1. The van der Waals surface area contributed by atoms with Crippen molar-refractivity contribution in [3.63, 3.8) is 0 Å². The molecule has 0 amide bonds. The Kier molecular flexibility index (Phi) is 13.7. The fourth-order valence-corrected chi connectivity index (χ4v) is 9.75. The smallest absolute Gasteiger partial charge is 0.207 e. The molecular weight excluding hydrogens is 1030 g/mol. The van der Waals surface area contributed by atoms with Gasteiger partial charge in [0.15, 0.2) is 76.4 Å². The molecule has 1 heterocycles. The summed E-state index contributed by atoms with van der Waals surface area (Å²) in [5.41, 5.74) is -10.3. The molecule has 0 fully saturated rings. The first-order valence-corrected chi connectivity index (χ1v) is 21.0. The zero-order chi connectivity index (χ0) is 52.4. The monoisotopic (exact) mass is 1050 g/mol. The summed E-state index contributed by atoms with van der Waals surface area (Å²) in [7, 11) is 0. The van der Waals surface area contributed by atoms with E-state index in [2.05, 4.69) is 102 Å². The summed E-state index contributed by atoms with van der Waals surface area (Å²) in [6, 6.07) is 34.9. The molecule has 0 atom stereocenters. The number of benzene rings is 8. The molecule has 0 bridgehead atoms. The maximum Gasteiger partial charge on any atom is 0.243 e. The van der Waals surface area contributed by atoms with Crippen molar-refractivity contribution in [2.24, 2.45) is 0 Å². The zero-order valence-electron chi connectivity index (χ0n) is 35.1. The van der Waals surface area contributed by atoms with Crippen molar-refractivity contribution < 1.29 is 92.4 Å². The quantitative estimate of drug-likeness (QED) is 0.0469. The fourth-order valence-electron chi connectivity index (χ4n) is 8.55. The molecule has 0 saturated carbocycles. The van der Waals surface area contributed by atoms with Crippen LogP contribution in [0.4, 0.5) is 87.8 Å². The van der Waals surface area contributed by atoms with Gasteiger partial charge in [0.05, 0.1) is 6.42 Å². The van der Waals surface area contributed by atoms with Crippen LogP contribution in [-0.2, 0) is 13.0 Å². The highest BCUT2D eigenvalue weighted by Crippen LogP contribution is 2.31. The number of aromatic nitrogens is 1. The van der Waals surface area contributed by atoms with Gasteiger partial charge in [-0.2, -0.15) is 4.57 Å². The molecular formula is C49H20BF20NS. The lowest BCUT2D eigenvalue weighted by Crippen LogP contribution is -2.81. The van der Waals surface area contributed by atoms with E-state index < -0.39 is 144 Å². The number of hydrogen-bond donors (Lipinski definition) is 0. The number of halogens is 20. The molecule has 0 unspecified atom stereocenters. The van der Waals surface area contributed by atoms with E-state index in [1.807, 2.05) is 11.3 Å². The van der Waals surface area contributed by atoms with E-state index in [0.717, 1.165) is 13.0 Å². The zero-order valence-corrected chi connectivity index (χ0v) is 36.0. The summed E-state index contributed by atoms with van der Waals surface area (Å²) in [5, 5.41) is 4.01. The topological polar surface area (TPSA) is 3.88 Å². The van der Waals surface area contributed by atoms with Gasteiger partial charge in [-0.15, -0.1) is 21.9 Å². The minimum Gasteiger partial charge on any atom is -0.207 e. The maximum atomic E-state index is 15.4. The predicted octanol–water partition coefficient (Wildman–Crippen LogP) is 11.8. The first-order valence-electron chi connectivity index (χ1n) is 20.2. The van der Waals surface area contributed by atoms with Gasteiger partial charge in [0.2, 0.25) is 10.5 Å². The van der Waals surface area contributed by atoms with Crippen molar-refractivity contribution >= 4 is 60.3 Å². The standard InChI is InChI=1S/C25H20NS.C24BF20/c1-2-8-19(9-3-1)18-26-23-12-6-7-13-24(23)27-25(26)17-20-14-15-21-10-4-5-11-22(21)16-20;26-5-1(6(27)14(35)21(42)13(5)34)25(2-7(28)15(36)22(43)16(37)8(2)29,3-9(30)17(38)23(44)18(39)10(3)31)4-11(32)19(40)24(45)20(41)12(4)33/h1-16H,17-18H2;/q+1;-1. The highest BCUT2D eigenvalue weighted by atomic mass is 32.1. The first-order chi connectivity index (χ1) is 34.1. The van der Waals surface area contributed by atoms with Gasteiger partial charge in [0.1, 0.15) is 57.4 Å². The summed E-state index contributed by atoms with van der Waals surface area (Å²) >= 11 is 1.91. The molecule has 0 saturated heterocycles. The van der Waals surface area contributed by atoms with Crippen LogP contribution in [0.5, 0.6) is 0 Å². The van der Waals surface area contributed by atoms with Crippen LogP contribution in [0.25, 0.3) is 21.0 Å². The van der Waals surface area contributed by atoms with E-state index in [1.165, 1.54) is 37.1 Å². The molecule has 8 aromatic carbocycles. The van der Waals surface area contributed by atoms with E-state index in [1.54, 1.807) is 0 Å². The van der Waals surface area contributed by atoms with E-state index in [0.29, 0.717) is 0 Å². The van der Waals surface area contributed by atoms with Crippen LogP contribution in [0.1, 0.15) is 16.1 Å². The second-order valence-corrected chi connectivity index (χ2v) is 16.8. The molecule has 0 radical (unpaired) electrons. The molecule has 72 heavy (non-hydrogen) atoms. The molecule has 0 aliphatic heterocycles. The average Bonchev–Trinajstić information content (AvgIpc) is 3.72. The normalized spacial score (nSPS) is 11.7. The van der Waals surface area contributed by atoms with Crippen molar-refractivity contribution in [1.29, 1.82) is 0 Å². The maximum absolute atomic E-state index is 15.4. The Morgan fingerprint density at radius 1 is 0.319 bits per heavy atom. The van der Waals surface area contributed by atoms with Crippen LogP contribution in [-0.4, -0.2) is 6.15 Å². The first kappa shape index (κ1) is 50.9. The van der Waals surface area contributed by atoms with Gasteiger partial charge >= 0.3 is 0 Å². The average molecular weight is 1050 g/mol. The Balaban J connectivity index is 0.000000217. The van der Waals surface area contributed by atoms with Crippen LogP contribution in [0, 0.1) is 116 Å². The molecule has 370 valence electrons. The van der Waals surface area contributed by atoms with Gasteiger partial charge in [0.25, 0.3) is 0 Å². The van der Waals surface area contributed by atoms with Crippen molar-refractivity contribution in [3.05, 3.63) is 230 Å². The van der Waals surface area contributed by atoms with Crippen molar-refractivity contribution in [1.82, 2.24) is 0 Å². The third-order valence-electron chi connectivity index (χ3n) is 11.7. The van der Waals surface area contributed by atoms with Crippen molar-refractivity contribution in [2.75, 3.05) is 0 Å².